The Morgan fingerprint density at radius 2 is 1.44 bits per heavy atom. The lowest BCUT2D eigenvalue weighted by Gasteiger charge is -2.31. The molecule has 2 heteroatoms. The molecule has 0 saturated heterocycles. The summed E-state index contributed by atoms with van der Waals surface area (Å²) in [6.07, 6.45) is 8.50. The number of unbranched alkanes of at least 4 members (excludes halogenated alkanes) is 2. The Kier molecular flexibility index (Phi) is 11.3. The van der Waals surface area contributed by atoms with Gasteiger partial charge < -0.3 is 10.0 Å². The first-order chi connectivity index (χ1) is 7.79. The molecule has 1 unspecified atom stereocenters. The zero-order valence-corrected chi connectivity index (χ0v) is 11.5. The van der Waals surface area contributed by atoms with E-state index < -0.39 is 0 Å². The van der Waals surface area contributed by atoms with E-state index in [2.05, 4.69) is 25.7 Å². The largest absolute Gasteiger partial charge is 0.396 e. The van der Waals surface area contributed by atoms with Gasteiger partial charge in [0.05, 0.1) is 0 Å². The van der Waals surface area contributed by atoms with Crippen LogP contribution in [0, 0.1) is 0 Å². The topological polar surface area (TPSA) is 23.5 Å². The lowest BCUT2D eigenvalue weighted by molar-refractivity contribution is 0.144. The van der Waals surface area contributed by atoms with Gasteiger partial charge in [-0.25, -0.2) is 0 Å². The van der Waals surface area contributed by atoms with Gasteiger partial charge in [0.15, 0.2) is 0 Å². The third-order valence-corrected chi connectivity index (χ3v) is 3.20. The molecule has 0 spiro atoms. The molecule has 0 saturated carbocycles. The average Bonchev–Trinajstić information content (AvgIpc) is 2.29. The monoisotopic (exact) mass is 229 g/mol. The molecule has 0 aliphatic heterocycles. The van der Waals surface area contributed by atoms with Crippen molar-refractivity contribution in [3.63, 3.8) is 0 Å². The molecule has 0 aliphatic rings. The van der Waals surface area contributed by atoms with Crippen molar-refractivity contribution < 1.29 is 5.11 Å². The van der Waals surface area contributed by atoms with Crippen LogP contribution < -0.4 is 0 Å². The van der Waals surface area contributed by atoms with Gasteiger partial charge in [-0.3, -0.25) is 0 Å². The average molecular weight is 229 g/mol. The van der Waals surface area contributed by atoms with Crippen molar-refractivity contribution in [1.29, 1.82) is 0 Å². The number of hydrogen-bond acceptors (Lipinski definition) is 2. The number of rotatable bonds is 11. The molecular weight excluding hydrogens is 198 g/mol. The normalized spacial score (nSPS) is 13.3. The minimum atomic E-state index is 0.333. The van der Waals surface area contributed by atoms with E-state index in [0.29, 0.717) is 12.6 Å². The highest BCUT2D eigenvalue weighted by Gasteiger charge is 2.15. The van der Waals surface area contributed by atoms with Gasteiger partial charge in [-0.2, -0.15) is 0 Å². The number of aliphatic hydroxyl groups is 1. The third kappa shape index (κ3) is 7.24. The van der Waals surface area contributed by atoms with Gasteiger partial charge in [-0.15, -0.1) is 0 Å². The first kappa shape index (κ1) is 15.9. The van der Waals surface area contributed by atoms with E-state index in [-0.39, 0.29) is 0 Å². The molecule has 0 bridgehead atoms. The summed E-state index contributed by atoms with van der Waals surface area (Å²) in [7, 11) is 0. The van der Waals surface area contributed by atoms with Crippen LogP contribution in [0.5, 0.6) is 0 Å². The fraction of sp³-hybridized carbons (Fsp3) is 1.00. The third-order valence-electron chi connectivity index (χ3n) is 3.20. The summed E-state index contributed by atoms with van der Waals surface area (Å²) in [6.45, 7) is 9.49. The summed E-state index contributed by atoms with van der Waals surface area (Å²) in [4.78, 5) is 2.60. The molecule has 16 heavy (non-hydrogen) atoms. The highest BCUT2D eigenvalue weighted by atomic mass is 16.3. The summed E-state index contributed by atoms with van der Waals surface area (Å²) < 4.78 is 0. The molecule has 98 valence electrons. The lowest BCUT2D eigenvalue weighted by Crippen LogP contribution is -2.37. The molecule has 0 aromatic heterocycles. The molecule has 1 N–H and O–H groups in total. The van der Waals surface area contributed by atoms with Crippen LogP contribution in [0.15, 0.2) is 0 Å². The smallest absolute Gasteiger partial charge is 0.0445 e. The van der Waals surface area contributed by atoms with E-state index >= 15 is 0 Å². The van der Waals surface area contributed by atoms with Crippen molar-refractivity contribution in [3.8, 4) is 0 Å². The number of nitrogens with zero attached hydrogens (tertiary/aromatic N) is 1. The standard InChI is InChI=1S/C14H31NO/c1-4-7-11-15(12-8-5-2)14(9-6-3)10-13-16/h14,16H,4-13H2,1-3H3. The van der Waals surface area contributed by atoms with Crippen LogP contribution in [0.4, 0.5) is 0 Å². The molecular formula is C14H31NO. The first-order valence-electron chi connectivity index (χ1n) is 7.14. The Morgan fingerprint density at radius 3 is 1.81 bits per heavy atom. The van der Waals surface area contributed by atoms with E-state index in [0.717, 1.165) is 6.42 Å². The predicted octanol–water partition coefficient (Wildman–Crippen LogP) is 3.44. The van der Waals surface area contributed by atoms with E-state index in [1.807, 2.05) is 0 Å². The van der Waals surface area contributed by atoms with Crippen LogP contribution in [0.3, 0.4) is 0 Å². The molecule has 2 nitrogen and oxygen atoms in total. The second-order valence-electron chi connectivity index (χ2n) is 4.70. The SMILES string of the molecule is CCCCN(CCCC)C(CCC)CCO. The van der Waals surface area contributed by atoms with Crippen LogP contribution in [-0.4, -0.2) is 35.7 Å². The summed E-state index contributed by atoms with van der Waals surface area (Å²) in [5, 5.41) is 9.14. The van der Waals surface area contributed by atoms with E-state index in [1.165, 1.54) is 51.6 Å². The van der Waals surface area contributed by atoms with E-state index in [1.54, 1.807) is 0 Å². The fourth-order valence-electron chi connectivity index (χ4n) is 2.19. The second-order valence-corrected chi connectivity index (χ2v) is 4.70. The van der Waals surface area contributed by atoms with Gasteiger partial charge in [0.2, 0.25) is 0 Å². The van der Waals surface area contributed by atoms with Crippen LogP contribution in [-0.2, 0) is 0 Å². The van der Waals surface area contributed by atoms with Crippen LogP contribution in [0.2, 0.25) is 0 Å². The minimum Gasteiger partial charge on any atom is -0.396 e. The van der Waals surface area contributed by atoms with Gasteiger partial charge in [0.25, 0.3) is 0 Å². The molecule has 0 fully saturated rings. The van der Waals surface area contributed by atoms with E-state index in [9.17, 15) is 0 Å². The summed E-state index contributed by atoms with van der Waals surface area (Å²) in [6, 6.07) is 0.605. The molecule has 0 amide bonds. The summed E-state index contributed by atoms with van der Waals surface area (Å²) in [5.41, 5.74) is 0. The highest BCUT2D eigenvalue weighted by Crippen LogP contribution is 2.13. The molecule has 0 rings (SSSR count). The number of hydrogen-bond donors (Lipinski definition) is 1. The van der Waals surface area contributed by atoms with Crippen molar-refractivity contribution in [2.45, 2.75) is 71.8 Å². The number of aliphatic hydroxyl groups excluding tert-OH is 1. The second kappa shape index (κ2) is 11.4. The molecule has 1 atom stereocenters. The van der Waals surface area contributed by atoms with Gasteiger partial charge in [0.1, 0.15) is 0 Å². The van der Waals surface area contributed by atoms with Gasteiger partial charge in [-0.1, -0.05) is 40.0 Å². The van der Waals surface area contributed by atoms with E-state index in [4.69, 9.17) is 5.11 Å². The molecule has 0 aliphatic carbocycles. The quantitative estimate of drug-likeness (QED) is 0.586. The van der Waals surface area contributed by atoms with Crippen LogP contribution >= 0.6 is 0 Å². The zero-order chi connectivity index (χ0) is 12.2. The summed E-state index contributed by atoms with van der Waals surface area (Å²) in [5.74, 6) is 0. The maximum Gasteiger partial charge on any atom is 0.0445 e. The maximum atomic E-state index is 9.14. The van der Waals surface area contributed by atoms with Crippen molar-refractivity contribution in [2.24, 2.45) is 0 Å². The summed E-state index contributed by atoms with van der Waals surface area (Å²) >= 11 is 0. The minimum absolute atomic E-state index is 0.333. The molecule has 0 heterocycles. The molecule has 0 aromatic carbocycles. The first-order valence-corrected chi connectivity index (χ1v) is 7.14. The zero-order valence-electron chi connectivity index (χ0n) is 11.5. The highest BCUT2D eigenvalue weighted by molar-refractivity contribution is 4.71. The lowest BCUT2D eigenvalue weighted by atomic mass is 10.1. The van der Waals surface area contributed by atoms with Crippen molar-refractivity contribution in [3.05, 3.63) is 0 Å². The Morgan fingerprint density at radius 1 is 0.875 bits per heavy atom. The van der Waals surface area contributed by atoms with Crippen molar-refractivity contribution >= 4 is 0 Å². The van der Waals surface area contributed by atoms with Crippen LogP contribution in [0.25, 0.3) is 0 Å². The Bertz CT molecular complexity index is 125. The van der Waals surface area contributed by atoms with Crippen molar-refractivity contribution in [2.75, 3.05) is 19.7 Å². The Balaban J connectivity index is 4.15. The Labute approximate surface area is 102 Å². The Hall–Kier alpha value is -0.0800. The molecule has 0 aromatic rings. The van der Waals surface area contributed by atoms with Gasteiger partial charge in [-0.05, 0) is 38.8 Å². The predicted molar refractivity (Wildman–Crippen MR) is 71.8 cm³/mol. The van der Waals surface area contributed by atoms with Crippen LogP contribution in [0.1, 0.15) is 65.7 Å². The van der Waals surface area contributed by atoms with Gasteiger partial charge >= 0.3 is 0 Å². The molecule has 0 radical (unpaired) electrons. The maximum absolute atomic E-state index is 9.14. The fourth-order valence-corrected chi connectivity index (χ4v) is 2.19. The van der Waals surface area contributed by atoms with Gasteiger partial charge in [0, 0.05) is 12.6 Å². The van der Waals surface area contributed by atoms with Crippen molar-refractivity contribution in [1.82, 2.24) is 4.90 Å².